The van der Waals surface area contributed by atoms with Crippen LogP contribution in [-0.4, -0.2) is 34.7 Å². The molecule has 5 heteroatoms. The van der Waals surface area contributed by atoms with E-state index in [1.54, 1.807) is 18.3 Å². The highest BCUT2D eigenvalue weighted by Gasteiger charge is 2.21. The predicted octanol–water partition coefficient (Wildman–Crippen LogP) is 1.79. The van der Waals surface area contributed by atoms with Gasteiger partial charge in [0, 0.05) is 25.0 Å². The Morgan fingerprint density at radius 3 is 2.63 bits per heavy atom. The molecule has 0 radical (unpaired) electrons. The van der Waals surface area contributed by atoms with Gasteiger partial charge in [-0.05, 0) is 31.9 Å². The Kier molecular flexibility index (Phi) is 5.76. The number of carbonyl (C=O) groups is 1. The number of carbonyl (C=O) groups excluding carboxylic acids is 1. The molecule has 0 unspecified atom stereocenters. The van der Waals surface area contributed by atoms with Crippen molar-refractivity contribution < 1.29 is 9.90 Å². The predicted molar refractivity (Wildman–Crippen MR) is 76.3 cm³/mol. The molecular formula is C14H23N3O2. The minimum atomic E-state index is -0.713. The fourth-order valence-electron chi connectivity index (χ4n) is 1.68. The molecule has 0 saturated heterocycles. The minimum Gasteiger partial charge on any atom is -0.388 e. The summed E-state index contributed by atoms with van der Waals surface area (Å²) >= 11 is 0. The highest BCUT2D eigenvalue weighted by atomic mass is 16.3. The van der Waals surface area contributed by atoms with Gasteiger partial charge in [0.1, 0.15) is 5.69 Å². The van der Waals surface area contributed by atoms with Gasteiger partial charge in [0.15, 0.2) is 0 Å². The van der Waals surface area contributed by atoms with Crippen molar-refractivity contribution >= 4 is 11.6 Å². The number of anilines is 1. The lowest BCUT2D eigenvalue weighted by Gasteiger charge is -2.26. The molecule has 0 aliphatic carbocycles. The van der Waals surface area contributed by atoms with E-state index < -0.39 is 5.60 Å². The van der Waals surface area contributed by atoms with Crippen molar-refractivity contribution in [3.8, 4) is 0 Å². The molecule has 3 N–H and O–H groups in total. The summed E-state index contributed by atoms with van der Waals surface area (Å²) in [7, 11) is 0. The molecular weight excluding hydrogens is 242 g/mol. The van der Waals surface area contributed by atoms with E-state index in [1.807, 2.05) is 20.8 Å². The Morgan fingerprint density at radius 1 is 1.37 bits per heavy atom. The summed E-state index contributed by atoms with van der Waals surface area (Å²) < 4.78 is 0. The van der Waals surface area contributed by atoms with E-state index in [0.717, 1.165) is 5.69 Å². The van der Waals surface area contributed by atoms with Crippen LogP contribution in [-0.2, 0) is 0 Å². The van der Waals surface area contributed by atoms with Gasteiger partial charge in [-0.1, -0.05) is 13.8 Å². The van der Waals surface area contributed by atoms with Crippen molar-refractivity contribution in [1.82, 2.24) is 10.3 Å². The second-order valence-electron chi connectivity index (χ2n) is 4.57. The SMILES string of the molecule is CCNC(=O)c1cc(NCC(O)(CC)CC)ccn1. The van der Waals surface area contributed by atoms with Crippen LogP contribution in [0.25, 0.3) is 0 Å². The highest BCUT2D eigenvalue weighted by Crippen LogP contribution is 2.16. The Hall–Kier alpha value is -1.62. The number of hydrogen-bond donors (Lipinski definition) is 3. The van der Waals surface area contributed by atoms with Gasteiger partial charge in [0.2, 0.25) is 0 Å². The summed E-state index contributed by atoms with van der Waals surface area (Å²) in [5.74, 6) is -0.188. The Morgan fingerprint density at radius 2 is 2.05 bits per heavy atom. The smallest absolute Gasteiger partial charge is 0.269 e. The van der Waals surface area contributed by atoms with E-state index in [1.165, 1.54) is 0 Å². The van der Waals surface area contributed by atoms with Crippen molar-refractivity contribution in [3.63, 3.8) is 0 Å². The first-order valence-electron chi connectivity index (χ1n) is 6.75. The molecule has 1 amide bonds. The maximum absolute atomic E-state index is 11.7. The topological polar surface area (TPSA) is 74.2 Å². The summed E-state index contributed by atoms with van der Waals surface area (Å²) in [5.41, 5.74) is 0.453. The third-order valence-electron chi connectivity index (χ3n) is 3.27. The van der Waals surface area contributed by atoms with Gasteiger partial charge >= 0.3 is 0 Å². The van der Waals surface area contributed by atoms with Gasteiger partial charge in [-0.3, -0.25) is 9.78 Å². The Balaban J connectivity index is 2.70. The van der Waals surface area contributed by atoms with Crippen LogP contribution in [0.2, 0.25) is 0 Å². The average Bonchev–Trinajstić information content (AvgIpc) is 2.45. The lowest BCUT2D eigenvalue weighted by molar-refractivity contribution is 0.0457. The van der Waals surface area contributed by atoms with Crippen molar-refractivity contribution in [2.45, 2.75) is 39.2 Å². The van der Waals surface area contributed by atoms with Crippen LogP contribution in [0.1, 0.15) is 44.1 Å². The number of aliphatic hydroxyl groups is 1. The van der Waals surface area contributed by atoms with Crippen molar-refractivity contribution in [1.29, 1.82) is 0 Å². The minimum absolute atomic E-state index is 0.188. The molecule has 0 saturated carbocycles. The maximum Gasteiger partial charge on any atom is 0.269 e. The molecule has 0 fully saturated rings. The second-order valence-corrected chi connectivity index (χ2v) is 4.57. The monoisotopic (exact) mass is 265 g/mol. The van der Waals surface area contributed by atoms with E-state index in [9.17, 15) is 9.90 Å². The molecule has 0 aliphatic heterocycles. The fourth-order valence-corrected chi connectivity index (χ4v) is 1.68. The standard InChI is InChI=1S/C14H23N3O2/c1-4-14(19,5-2)10-17-11-7-8-16-12(9-11)13(18)15-6-3/h7-9,19H,4-6,10H2,1-3H3,(H,15,18)(H,16,17). The lowest BCUT2D eigenvalue weighted by Crippen LogP contribution is -2.35. The highest BCUT2D eigenvalue weighted by molar-refractivity contribution is 5.93. The third kappa shape index (κ3) is 4.52. The normalized spacial score (nSPS) is 11.2. The third-order valence-corrected chi connectivity index (χ3v) is 3.27. The maximum atomic E-state index is 11.7. The molecule has 19 heavy (non-hydrogen) atoms. The van der Waals surface area contributed by atoms with Gasteiger partial charge < -0.3 is 15.7 Å². The number of pyridine rings is 1. The first-order chi connectivity index (χ1) is 9.04. The van der Waals surface area contributed by atoms with Gasteiger partial charge in [0.25, 0.3) is 5.91 Å². The van der Waals surface area contributed by atoms with Crippen LogP contribution >= 0.6 is 0 Å². The van der Waals surface area contributed by atoms with Gasteiger partial charge in [-0.2, -0.15) is 0 Å². The van der Waals surface area contributed by atoms with Crippen LogP contribution in [0.5, 0.6) is 0 Å². The lowest BCUT2D eigenvalue weighted by atomic mass is 9.97. The largest absolute Gasteiger partial charge is 0.388 e. The molecule has 0 spiro atoms. The zero-order chi connectivity index (χ0) is 14.3. The number of amides is 1. The van der Waals surface area contributed by atoms with Crippen LogP contribution < -0.4 is 10.6 Å². The number of hydrogen-bond acceptors (Lipinski definition) is 4. The van der Waals surface area contributed by atoms with Crippen LogP contribution in [0.15, 0.2) is 18.3 Å². The molecule has 1 heterocycles. The van der Waals surface area contributed by atoms with Crippen LogP contribution in [0.3, 0.4) is 0 Å². The van der Waals surface area contributed by atoms with Crippen LogP contribution in [0.4, 0.5) is 5.69 Å². The molecule has 0 bridgehead atoms. The first kappa shape index (κ1) is 15.4. The van der Waals surface area contributed by atoms with Gasteiger partial charge in [0.05, 0.1) is 5.60 Å². The molecule has 0 atom stereocenters. The Labute approximate surface area is 114 Å². The van der Waals surface area contributed by atoms with E-state index in [-0.39, 0.29) is 5.91 Å². The summed E-state index contributed by atoms with van der Waals surface area (Å²) in [6.45, 7) is 6.81. The zero-order valence-corrected chi connectivity index (χ0v) is 11.9. The fraction of sp³-hybridized carbons (Fsp3) is 0.571. The van der Waals surface area contributed by atoms with Gasteiger partial charge in [-0.15, -0.1) is 0 Å². The summed E-state index contributed by atoms with van der Waals surface area (Å²) in [6.07, 6.45) is 2.96. The second kappa shape index (κ2) is 7.09. The zero-order valence-electron chi connectivity index (χ0n) is 11.9. The summed E-state index contributed by atoms with van der Waals surface area (Å²) in [6, 6.07) is 3.48. The number of nitrogens with zero attached hydrogens (tertiary/aromatic N) is 1. The molecule has 1 aromatic heterocycles. The molecule has 106 valence electrons. The quantitative estimate of drug-likeness (QED) is 0.702. The number of nitrogens with one attached hydrogen (secondary N) is 2. The van der Waals surface area contributed by atoms with E-state index in [0.29, 0.717) is 31.6 Å². The van der Waals surface area contributed by atoms with E-state index >= 15 is 0 Å². The molecule has 5 nitrogen and oxygen atoms in total. The van der Waals surface area contributed by atoms with Gasteiger partial charge in [-0.25, -0.2) is 0 Å². The molecule has 0 aromatic carbocycles. The Bertz CT molecular complexity index is 417. The van der Waals surface area contributed by atoms with Crippen molar-refractivity contribution in [2.75, 3.05) is 18.4 Å². The van der Waals surface area contributed by atoms with E-state index in [4.69, 9.17) is 0 Å². The number of aromatic nitrogens is 1. The molecule has 1 rings (SSSR count). The molecule has 0 aliphatic rings. The number of rotatable bonds is 7. The van der Waals surface area contributed by atoms with E-state index in [2.05, 4.69) is 15.6 Å². The van der Waals surface area contributed by atoms with Crippen molar-refractivity contribution in [3.05, 3.63) is 24.0 Å². The summed E-state index contributed by atoms with van der Waals surface area (Å²) in [5, 5.41) is 16.1. The first-order valence-corrected chi connectivity index (χ1v) is 6.75. The summed E-state index contributed by atoms with van der Waals surface area (Å²) in [4.78, 5) is 15.7. The van der Waals surface area contributed by atoms with Crippen molar-refractivity contribution in [2.24, 2.45) is 0 Å². The van der Waals surface area contributed by atoms with Crippen LogP contribution in [0, 0.1) is 0 Å². The average molecular weight is 265 g/mol. The molecule has 1 aromatic rings.